The van der Waals surface area contributed by atoms with E-state index in [4.69, 9.17) is 0 Å². The van der Waals surface area contributed by atoms with E-state index in [0.29, 0.717) is 22.5 Å². The van der Waals surface area contributed by atoms with Crippen LogP contribution in [0.15, 0.2) is 59.7 Å². The third-order valence-corrected chi connectivity index (χ3v) is 4.00. The van der Waals surface area contributed by atoms with E-state index in [2.05, 4.69) is 20.7 Å². The Balaban J connectivity index is 1.71. The van der Waals surface area contributed by atoms with Crippen molar-refractivity contribution in [3.05, 3.63) is 86.1 Å². The Bertz CT molecular complexity index is 1120. The first kappa shape index (κ1) is 19.4. The van der Waals surface area contributed by atoms with Crippen LogP contribution in [-0.2, 0) is 0 Å². The Labute approximate surface area is 163 Å². The molecule has 3 aromatic rings. The van der Waals surface area contributed by atoms with Gasteiger partial charge in [0, 0.05) is 29.8 Å². The highest BCUT2D eigenvalue weighted by atomic mass is 16.6. The Kier molecular flexibility index (Phi) is 5.39. The number of aromatic nitrogens is 2. The Morgan fingerprint density at radius 1 is 1.03 bits per heavy atom. The van der Waals surface area contributed by atoms with Crippen molar-refractivity contribution in [2.45, 2.75) is 6.92 Å². The summed E-state index contributed by atoms with van der Waals surface area (Å²) in [6.45, 7) is 1.64. The molecule has 0 atom stereocenters. The van der Waals surface area contributed by atoms with Gasteiger partial charge in [-0.3, -0.25) is 30.1 Å². The molecule has 0 unspecified atom stereocenters. The van der Waals surface area contributed by atoms with E-state index in [1.54, 1.807) is 13.0 Å². The molecule has 0 aliphatic rings. The number of hydrogen-bond donors (Lipinski definition) is 2. The molecule has 0 fully saturated rings. The predicted molar refractivity (Wildman–Crippen MR) is 103 cm³/mol. The van der Waals surface area contributed by atoms with Crippen molar-refractivity contribution in [1.82, 2.24) is 15.6 Å². The number of nitrogens with zero attached hydrogens (tertiary/aromatic N) is 4. The number of amides is 1. The van der Waals surface area contributed by atoms with Gasteiger partial charge in [0.05, 0.1) is 21.3 Å². The highest BCUT2D eigenvalue weighted by molar-refractivity contribution is 6.00. The van der Waals surface area contributed by atoms with Gasteiger partial charge in [-0.25, -0.2) is 5.43 Å². The average molecular weight is 394 g/mol. The minimum absolute atomic E-state index is 0.0447. The fraction of sp³-hybridized carbons (Fsp3) is 0.0556. The summed E-state index contributed by atoms with van der Waals surface area (Å²) in [7, 11) is 0. The lowest BCUT2D eigenvalue weighted by Gasteiger charge is -2.01. The number of non-ortho nitro benzene ring substituents is 2. The third-order valence-electron chi connectivity index (χ3n) is 4.00. The van der Waals surface area contributed by atoms with Crippen molar-refractivity contribution in [1.29, 1.82) is 0 Å². The Hall–Kier alpha value is -4.41. The van der Waals surface area contributed by atoms with Crippen molar-refractivity contribution in [2.24, 2.45) is 5.10 Å². The summed E-state index contributed by atoms with van der Waals surface area (Å²) in [6, 6.07) is 13.1. The maximum atomic E-state index is 12.3. The summed E-state index contributed by atoms with van der Waals surface area (Å²) in [4.78, 5) is 32.8. The molecule has 3 rings (SSSR count). The largest absolute Gasteiger partial charge is 0.289 e. The van der Waals surface area contributed by atoms with Gasteiger partial charge in [-0.1, -0.05) is 12.1 Å². The zero-order valence-electron chi connectivity index (χ0n) is 15.0. The topological polar surface area (TPSA) is 156 Å². The van der Waals surface area contributed by atoms with Crippen molar-refractivity contribution in [3.8, 4) is 11.3 Å². The number of aromatic amines is 1. The number of H-pyrrole nitrogens is 1. The van der Waals surface area contributed by atoms with E-state index in [1.165, 1.54) is 48.5 Å². The van der Waals surface area contributed by atoms with Crippen LogP contribution in [0.25, 0.3) is 11.3 Å². The van der Waals surface area contributed by atoms with Crippen LogP contribution < -0.4 is 5.43 Å². The van der Waals surface area contributed by atoms with Gasteiger partial charge < -0.3 is 0 Å². The Morgan fingerprint density at radius 3 is 2.38 bits per heavy atom. The van der Waals surface area contributed by atoms with Gasteiger partial charge >= 0.3 is 0 Å². The smallest absolute Gasteiger partial charge is 0.272 e. The molecule has 0 radical (unpaired) electrons. The van der Waals surface area contributed by atoms with Gasteiger partial charge in [0.2, 0.25) is 0 Å². The molecule has 2 N–H and O–H groups in total. The molecular weight excluding hydrogens is 380 g/mol. The first-order chi connectivity index (χ1) is 13.8. The molecular formula is C18H14N6O5. The van der Waals surface area contributed by atoms with Gasteiger partial charge in [-0.05, 0) is 30.7 Å². The van der Waals surface area contributed by atoms with E-state index >= 15 is 0 Å². The van der Waals surface area contributed by atoms with E-state index < -0.39 is 15.8 Å². The molecule has 2 aromatic carbocycles. The molecule has 1 aromatic heterocycles. The highest BCUT2D eigenvalue weighted by Crippen LogP contribution is 2.22. The summed E-state index contributed by atoms with van der Waals surface area (Å²) in [5.74, 6) is -0.560. The predicted octanol–water partition coefficient (Wildman–Crippen LogP) is 3.05. The van der Waals surface area contributed by atoms with Gasteiger partial charge in [-0.2, -0.15) is 10.2 Å². The monoisotopic (exact) mass is 394 g/mol. The molecule has 11 heteroatoms. The molecule has 1 amide bonds. The molecule has 0 spiro atoms. The molecule has 146 valence electrons. The lowest BCUT2D eigenvalue weighted by molar-refractivity contribution is -0.385. The van der Waals surface area contributed by atoms with Crippen LogP contribution in [0.3, 0.4) is 0 Å². The van der Waals surface area contributed by atoms with Crippen LogP contribution in [0.4, 0.5) is 11.4 Å². The zero-order valence-corrected chi connectivity index (χ0v) is 15.0. The maximum absolute atomic E-state index is 12.3. The molecule has 0 bridgehead atoms. The second-order valence-corrected chi connectivity index (χ2v) is 5.92. The number of hydrogen-bond acceptors (Lipinski definition) is 7. The molecule has 0 aliphatic carbocycles. The number of hydrazone groups is 1. The summed E-state index contributed by atoms with van der Waals surface area (Å²) < 4.78 is 0. The van der Waals surface area contributed by atoms with Crippen LogP contribution in [0.2, 0.25) is 0 Å². The lowest BCUT2D eigenvalue weighted by Crippen LogP contribution is -2.19. The minimum atomic E-state index is -0.560. The standard InChI is InChI=1S/C18H14N6O5/c1-11(12-5-7-14(8-6-12)23(26)27)19-22-18(25)17-10-16(20-21-17)13-3-2-4-15(9-13)24(28)29/h2-10H,1H3,(H,20,21)(H,22,25)/b19-11+. The fourth-order valence-electron chi connectivity index (χ4n) is 2.45. The summed E-state index contributed by atoms with van der Waals surface area (Å²) in [6.07, 6.45) is 0. The van der Waals surface area contributed by atoms with Crippen LogP contribution in [0, 0.1) is 20.2 Å². The van der Waals surface area contributed by atoms with Crippen LogP contribution in [-0.4, -0.2) is 31.7 Å². The average Bonchev–Trinajstić information content (AvgIpc) is 3.22. The van der Waals surface area contributed by atoms with Crippen molar-refractivity contribution in [3.63, 3.8) is 0 Å². The summed E-state index contributed by atoms with van der Waals surface area (Å²) >= 11 is 0. The molecule has 1 heterocycles. The SMILES string of the molecule is C/C(=N\NC(=O)c1cc(-c2cccc([N+](=O)[O-])c2)n[nH]1)c1ccc([N+](=O)[O-])cc1. The van der Waals surface area contributed by atoms with E-state index in [9.17, 15) is 25.0 Å². The first-order valence-corrected chi connectivity index (χ1v) is 8.25. The van der Waals surface area contributed by atoms with Crippen molar-refractivity contribution < 1.29 is 14.6 Å². The van der Waals surface area contributed by atoms with E-state index in [0.717, 1.165) is 0 Å². The Morgan fingerprint density at radius 2 is 1.72 bits per heavy atom. The van der Waals surface area contributed by atoms with Crippen molar-refractivity contribution in [2.75, 3.05) is 0 Å². The summed E-state index contributed by atoms with van der Waals surface area (Å²) in [5.41, 5.74) is 4.27. The third kappa shape index (κ3) is 4.47. The number of rotatable bonds is 6. The summed E-state index contributed by atoms with van der Waals surface area (Å²) in [5, 5.41) is 32.1. The molecule has 0 saturated heterocycles. The number of carbonyl (C=O) groups excluding carboxylic acids is 1. The van der Waals surface area contributed by atoms with Crippen LogP contribution in [0.1, 0.15) is 23.0 Å². The maximum Gasteiger partial charge on any atom is 0.289 e. The van der Waals surface area contributed by atoms with Crippen molar-refractivity contribution >= 4 is 23.0 Å². The number of nitro benzene ring substituents is 2. The normalized spacial score (nSPS) is 11.1. The van der Waals surface area contributed by atoms with E-state index in [-0.39, 0.29) is 17.1 Å². The molecule has 29 heavy (non-hydrogen) atoms. The second-order valence-electron chi connectivity index (χ2n) is 5.92. The lowest BCUT2D eigenvalue weighted by atomic mass is 10.1. The quantitative estimate of drug-likeness (QED) is 0.372. The first-order valence-electron chi connectivity index (χ1n) is 8.25. The molecule has 11 nitrogen and oxygen atoms in total. The van der Waals surface area contributed by atoms with E-state index in [1.807, 2.05) is 0 Å². The minimum Gasteiger partial charge on any atom is -0.272 e. The highest BCUT2D eigenvalue weighted by Gasteiger charge is 2.13. The number of nitrogens with one attached hydrogen (secondary N) is 2. The van der Waals surface area contributed by atoms with Gasteiger partial charge in [0.25, 0.3) is 17.3 Å². The number of carbonyl (C=O) groups is 1. The van der Waals surface area contributed by atoms with Crippen LogP contribution in [0.5, 0.6) is 0 Å². The second kappa shape index (κ2) is 8.08. The van der Waals surface area contributed by atoms with Crippen LogP contribution >= 0.6 is 0 Å². The number of benzene rings is 2. The van der Waals surface area contributed by atoms with Gasteiger partial charge in [0.15, 0.2) is 0 Å². The molecule has 0 aliphatic heterocycles. The zero-order chi connectivity index (χ0) is 21.0. The molecule has 0 saturated carbocycles. The van der Waals surface area contributed by atoms with Gasteiger partial charge in [0.1, 0.15) is 5.69 Å². The van der Waals surface area contributed by atoms with Gasteiger partial charge in [-0.15, -0.1) is 0 Å². The fourth-order valence-corrected chi connectivity index (χ4v) is 2.45. The number of nitro groups is 2.